The molecule has 3 N–H and O–H groups in total. The highest BCUT2D eigenvalue weighted by molar-refractivity contribution is 8.00. The molecule has 3 aliphatic rings. The molecule has 0 saturated carbocycles. The number of esters is 1. The molecule has 0 bridgehead atoms. The standard InChI is InChI=1S/C36H31N5O7S2/c1-47-40-28(31(43)38-29-32(44)41-30(34(45)46)24(19-49-33(29)41)26-17-18-27(42)48-26)25-20-50-35(37-25)39-36(21-11-5-2-6-12-21,22-13-7-3-8-14-22)23-15-9-4-10-16-23/h2-16,20,26,29,33H,17-19H2,1H3,(H,37,39)(H,38,43)(H,45,46)/b40-28-/t26-,29+,33+/m0/s1. The van der Waals surface area contributed by atoms with Gasteiger partial charge in [-0.05, 0) is 23.1 Å². The zero-order chi connectivity index (χ0) is 34.8. The molecule has 2 saturated heterocycles. The number of nitrogens with one attached hydrogen (secondary N) is 2. The maximum Gasteiger partial charge on any atom is 0.352 e. The van der Waals surface area contributed by atoms with Crippen molar-refractivity contribution in [2.75, 3.05) is 18.2 Å². The van der Waals surface area contributed by atoms with Crippen molar-refractivity contribution in [2.45, 2.75) is 35.9 Å². The Labute approximate surface area is 295 Å². The number of aliphatic carboxylic acids is 1. The van der Waals surface area contributed by atoms with Crippen LogP contribution in [-0.4, -0.2) is 74.8 Å². The van der Waals surface area contributed by atoms with E-state index in [-0.39, 0.29) is 29.3 Å². The van der Waals surface area contributed by atoms with Crippen molar-refractivity contribution in [2.24, 2.45) is 5.16 Å². The number of carbonyl (C=O) groups excluding carboxylic acids is 3. The average Bonchev–Trinajstić information content (AvgIpc) is 3.80. The van der Waals surface area contributed by atoms with Gasteiger partial charge in [0, 0.05) is 23.1 Å². The second-order valence-corrected chi connectivity index (χ2v) is 13.7. The maximum atomic E-state index is 13.7. The van der Waals surface area contributed by atoms with E-state index in [1.807, 2.05) is 91.0 Å². The summed E-state index contributed by atoms with van der Waals surface area (Å²) >= 11 is 2.57. The number of thioether (sulfide) groups is 1. The first-order valence-electron chi connectivity index (χ1n) is 15.7. The second kappa shape index (κ2) is 13.8. The van der Waals surface area contributed by atoms with E-state index in [4.69, 9.17) is 14.6 Å². The molecular formula is C36H31N5O7S2. The van der Waals surface area contributed by atoms with Crippen LogP contribution in [0.2, 0.25) is 0 Å². The van der Waals surface area contributed by atoms with Gasteiger partial charge in [0.1, 0.15) is 41.6 Å². The van der Waals surface area contributed by atoms with Crippen molar-refractivity contribution >= 4 is 57.7 Å². The Morgan fingerprint density at radius 1 is 0.980 bits per heavy atom. The van der Waals surface area contributed by atoms with Gasteiger partial charge in [0.2, 0.25) is 0 Å². The Balaban J connectivity index is 1.16. The molecule has 7 rings (SSSR count). The van der Waals surface area contributed by atoms with E-state index in [0.717, 1.165) is 21.6 Å². The number of aromatic nitrogens is 1. The third-order valence-corrected chi connectivity index (χ3v) is 10.9. The quantitative estimate of drug-likeness (QED) is 0.0673. The number of rotatable bonds is 11. The Hall–Kier alpha value is -5.47. The number of fused-ring (bicyclic) bond motifs is 1. The van der Waals surface area contributed by atoms with Gasteiger partial charge in [0.05, 0.1) is 0 Å². The first-order valence-corrected chi connectivity index (χ1v) is 17.7. The molecule has 0 radical (unpaired) electrons. The minimum Gasteiger partial charge on any atom is -0.477 e. The zero-order valence-corrected chi connectivity index (χ0v) is 28.3. The third kappa shape index (κ3) is 5.90. The lowest BCUT2D eigenvalue weighted by Gasteiger charge is -2.49. The van der Waals surface area contributed by atoms with Gasteiger partial charge in [-0.3, -0.25) is 19.3 Å². The molecule has 0 unspecified atom stereocenters. The first kappa shape index (κ1) is 33.0. The average molecular weight is 710 g/mol. The number of cyclic esters (lactones) is 1. The van der Waals surface area contributed by atoms with Crippen molar-refractivity contribution in [1.82, 2.24) is 15.2 Å². The number of nitrogens with zero attached hydrogens (tertiary/aromatic N) is 3. The van der Waals surface area contributed by atoms with E-state index in [1.165, 1.54) is 30.2 Å². The maximum absolute atomic E-state index is 13.7. The fourth-order valence-corrected chi connectivity index (χ4v) is 8.71. The molecule has 3 atom stereocenters. The first-order chi connectivity index (χ1) is 24.3. The van der Waals surface area contributed by atoms with Crippen LogP contribution in [0.4, 0.5) is 5.13 Å². The number of benzene rings is 3. The van der Waals surface area contributed by atoms with Crippen molar-refractivity contribution in [3.63, 3.8) is 0 Å². The van der Waals surface area contributed by atoms with Gasteiger partial charge in [0.25, 0.3) is 11.8 Å². The van der Waals surface area contributed by atoms with Gasteiger partial charge in [-0.1, -0.05) is 96.2 Å². The van der Waals surface area contributed by atoms with E-state index < -0.39 is 46.8 Å². The summed E-state index contributed by atoms with van der Waals surface area (Å²) in [5.74, 6) is -2.78. The van der Waals surface area contributed by atoms with E-state index >= 15 is 0 Å². The molecule has 0 spiro atoms. The van der Waals surface area contributed by atoms with Crippen molar-refractivity contribution in [3.05, 3.63) is 130 Å². The molecule has 50 heavy (non-hydrogen) atoms. The number of hydrogen-bond donors (Lipinski definition) is 3. The molecule has 3 aromatic carbocycles. The monoisotopic (exact) mass is 709 g/mol. The number of carboxylic acid groups (broad SMARTS) is 1. The summed E-state index contributed by atoms with van der Waals surface area (Å²) in [7, 11) is 1.30. The second-order valence-electron chi connectivity index (χ2n) is 11.7. The lowest BCUT2D eigenvalue weighted by atomic mass is 9.77. The molecule has 12 nitrogen and oxygen atoms in total. The van der Waals surface area contributed by atoms with E-state index in [1.54, 1.807) is 5.38 Å². The van der Waals surface area contributed by atoms with Crippen molar-refractivity contribution < 1.29 is 33.9 Å². The van der Waals surface area contributed by atoms with Crippen molar-refractivity contribution in [3.8, 4) is 0 Å². The predicted octanol–water partition coefficient (Wildman–Crippen LogP) is 4.34. The minimum absolute atomic E-state index is 0.152. The predicted molar refractivity (Wildman–Crippen MR) is 187 cm³/mol. The van der Waals surface area contributed by atoms with E-state index in [0.29, 0.717) is 17.1 Å². The van der Waals surface area contributed by atoms with Crippen LogP contribution in [0.3, 0.4) is 0 Å². The summed E-state index contributed by atoms with van der Waals surface area (Å²) in [6, 6.07) is 29.0. The van der Waals surface area contributed by atoms with Gasteiger partial charge >= 0.3 is 11.9 Å². The number of anilines is 1. The van der Waals surface area contributed by atoms with Crippen LogP contribution in [0.5, 0.6) is 0 Å². The summed E-state index contributed by atoms with van der Waals surface area (Å²) in [4.78, 5) is 62.0. The number of carboxylic acids is 1. The molecule has 14 heteroatoms. The number of β-lactam (4-membered cyclic amide) rings is 1. The summed E-state index contributed by atoms with van der Waals surface area (Å²) in [5, 5.41) is 21.9. The molecule has 254 valence electrons. The number of hydrogen-bond acceptors (Lipinski definition) is 11. The Kier molecular flexibility index (Phi) is 9.12. The van der Waals surface area contributed by atoms with Gasteiger partial charge < -0.3 is 25.3 Å². The highest BCUT2D eigenvalue weighted by atomic mass is 32.2. The van der Waals surface area contributed by atoms with Crippen LogP contribution in [0, 0.1) is 0 Å². The van der Waals surface area contributed by atoms with E-state index in [9.17, 15) is 24.3 Å². The molecule has 2 amide bonds. The SMILES string of the molecule is CO/N=C(\C(=O)N[C@@H]1C(=O)N2C(C(=O)O)=C([C@@H]3CCC(=O)O3)CS[C@H]12)c1csc(NC(c2ccccc2)(c2ccccc2)c2ccccc2)n1. The summed E-state index contributed by atoms with van der Waals surface area (Å²) < 4.78 is 5.31. The number of carbonyl (C=O) groups is 4. The van der Waals surface area contributed by atoms with Gasteiger partial charge in [-0.2, -0.15) is 0 Å². The van der Waals surface area contributed by atoms with Gasteiger partial charge in [-0.15, -0.1) is 23.1 Å². The molecule has 0 aliphatic carbocycles. The number of thiazole rings is 1. The summed E-state index contributed by atoms with van der Waals surface area (Å²) in [6.45, 7) is 0. The van der Waals surface area contributed by atoms with Crippen LogP contribution < -0.4 is 10.6 Å². The minimum atomic E-state index is -1.30. The van der Waals surface area contributed by atoms with Crippen LogP contribution >= 0.6 is 23.1 Å². The Morgan fingerprint density at radius 2 is 1.58 bits per heavy atom. The Morgan fingerprint density at radius 3 is 2.10 bits per heavy atom. The van der Waals surface area contributed by atoms with Crippen LogP contribution in [0.25, 0.3) is 0 Å². The van der Waals surface area contributed by atoms with E-state index in [2.05, 4.69) is 15.8 Å². The lowest BCUT2D eigenvalue weighted by molar-refractivity contribution is -0.150. The normalized spacial score (nSPS) is 20.5. The highest BCUT2D eigenvalue weighted by Gasteiger charge is 2.55. The smallest absolute Gasteiger partial charge is 0.352 e. The molecule has 2 fully saturated rings. The molecule has 4 heterocycles. The van der Waals surface area contributed by atoms with Gasteiger partial charge in [-0.25, -0.2) is 9.78 Å². The molecular weight excluding hydrogens is 679 g/mol. The topological polar surface area (TPSA) is 160 Å². The summed E-state index contributed by atoms with van der Waals surface area (Å²) in [6.07, 6.45) is -0.160. The number of ether oxygens (including phenoxy) is 1. The Bertz CT molecular complexity index is 1910. The van der Waals surface area contributed by atoms with Crippen LogP contribution in [0.1, 0.15) is 35.2 Å². The molecule has 1 aromatic heterocycles. The number of amides is 2. The molecule has 3 aliphatic heterocycles. The highest BCUT2D eigenvalue weighted by Crippen LogP contribution is 2.43. The lowest BCUT2D eigenvalue weighted by Crippen LogP contribution is -2.71. The largest absolute Gasteiger partial charge is 0.477 e. The zero-order valence-electron chi connectivity index (χ0n) is 26.6. The number of oxime groups is 1. The van der Waals surface area contributed by atoms with Gasteiger partial charge in [0.15, 0.2) is 10.8 Å². The third-order valence-electron chi connectivity index (χ3n) is 8.82. The van der Waals surface area contributed by atoms with Crippen LogP contribution in [-0.2, 0) is 34.3 Å². The fourth-order valence-electron chi connectivity index (χ4n) is 6.55. The van der Waals surface area contributed by atoms with Crippen molar-refractivity contribution in [1.29, 1.82) is 0 Å². The fraction of sp³-hybridized carbons (Fsp3) is 0.222. The molecule has 4 aromatic rings. The summed E-state index contributed by atoms with van der Waals surface area (Å²) in [5.41, 5.74) is 2.30. The van der Waals surface area contributed by atoms with Crippen LogP contribution in [0.15, 0.2) is 113 Å².